The number of benzene rings is 1. The van der Waals surface area contributed by atoms with Crippen molar-refractivity contribution >= 4 is 11.0 Å². The maximum atomic E-state index is 11.7. The van der Waals surface area contributed by atoms with Gasteiger partial charge >= 0.3 is 5.63 Å². The lowest BCUT2D eigenvalue weighted by atomic mass is 10.1. The van der Waals surface area contributed by atoms with Crippen molar-refractivity contribution in [3.05, 3.63) is 45.8 Å². The lowest BCUT2D eigenvalue weighted by Gasteiger charge is -2.31. The number of hydrogen-bond donors (Lipinski definition) is 1. The topological polar surface area (TPSA) is 45.5 Å². The monoisotopic (exact) mass is 272 g/mol. The number of rotatable bonds is 2. The molecule has 0 spiro atoms. The standard InChI is InChI=1S/C16H20N2O2/c1-11-3-4-14-13(8-16(19)20-15(14)7-11)10-18-6-5-17-12(2)9-18/h3-4,7-8,12,17H,5-6,9-10H2,1-2H3/t12-/m1/s1. The SMILES string of the molecule is Cc1ccc2c(CN3CCN[C@H](C)C3)cc(=O)oc2c1. The van der Waals surface area contributed by atoms with E-state index in [-0.39, 0.29) is 5.63 Å². The van der Waals surface area contributed by atoms with Crippen LogP contribution in [0.15, 0.2) is 33.5 Å². The minimum absolute atomic E-state index is 0.263. The van der Waals surface area contributed by atoms with Crippen molar-refractivity contribution in [3.8, 4) is 0 Å². The first-order valence-corrected chi connectivity index (χ1v) is 7.11. The normalized spacial score (nSPS) is 20.4. The molecular formula is C16H20N2O2. The van der Waals surface area contributed by atoms with Crippen LogP contribution in [-0.4, -0.2) is 30.6 Å². The van der Waals surface area contributed by atoms with Crippen LogP contribution in [0.1, 0.15) is 18.1 Å². The molecule has 1 aliphatic heterocycles. The van der Waals surface area contributed by atoms with Gasteiger partial charge in [-0.25, -0.2) is 4.79 Å². The predicted molar refractivity (Wildman–Crippen MR) is 80.0 cm³/mol. The second-order valence-corrected chi connectivity index (χ2v) is 5.68. The van der Waals surface area contributed by atoms with Gasteiger partial charge in [0.1, 0.15) is 5.58 Å². The maximum absolute atomic E-state index is 11.7. The Labute approximate surface area is 118 Å². The highest BCUT2D eigenvalue weighted by atomic mass is 16.4. The summed E-state index contributed by atoms with van der Waals surface area (Å²) < 4.78 is 5.31. The van der Waals surface area contributed by atoms with E-state index >= 15 is 0 Å². The molecule has 106 valence electrons. The van der Waals surface area contributed by atoms with Gasteiger partial charge in [0.25, 0.3) is 0 Å². The third kappa shape index (κ3) is 2.76. The minimum Gasteiger partial charge on any atom is -0.423 e. The molecule has 1 fully saturated rings. The molecule has 0 radical (unpaired) electrons. The number of nitrogens with zero attached hydrogens (tertiary/aromatic N) is 1. The van der Waals surface area contributed by atoms with Gasteiger partial charge in [0.05, 0.1) is 0 Å². The Hall–Kier alpha value is -1.65. The van der Waals surface area contributed by atoms with Crippen LogP contribution in [0.4, 0.5) is 0 Å². The minimum atomic E-state index is -0.263. The molecule has 3 rings (SSSR count). The van der Waals surface area contributed by atoms with Crippen molar-refractivity contribution in [1.29, 1.82) is 0 Å². The Bertz CT molecular complexity index is 678. The number of aryl methyl sites for hydroxylation is 1. The zero-order valence-corrected chi connectivity index (χ0v) is 12.0. The van der Waals surface area contributed by atoms with Crippen LogP contribution in [0, 0.1) is 6.92 Å². The summed E-state index contributed by atoms with van der Waals surface area (Å²) >= 11 is 0. The maximum Gasteiger partial charge on any atom is 0.336 e. The van der Waals surface area contributed by atoms with Gasteiger partial charge < -0.3 is 9.73 Å². The molecule has 1 N–H and O–H groups in total. The van der Waals surface area contributed by atoms with Crippen LogP contribution in [0.3, 0.4) is 0 Å². The molecule has 0 bridgehead atoms. The molecule has 1 aromatic heterocycles. The Balaban J connectivity index is 1.96. The van der Waals surface area contributed by atoms with E-state index in [0.29, 0.717) is 11.6 Å². The third-order valence-electron chi connectivity index (χ3n) is 3.83. The van der Waals surface area contributed by atoms with E-state index in [2.05, 4.69) is 29.3 Å². The van der Waals surface area contributed by atoms with Crippen LogP contribution in [-0.2, 0) is 6.54 Å². The highest BCUT2D eigenvalue weighted by molar-refractivity contribution is 5.80. The van der Waals surface area contributed by atoms with Gasteiger partial charge in [0.15, 0.2) is 0 Å². The van der Waals surface area contributed by atoms with Crippen LogP contribution >= 0.6 is 0 Å². The van der Waals surface area contributed by atoms with Gasteiger partial charge in [-0.15, -0.1) is 0 Å². The van der Waals surface area contributed by atoms with Gasteiger partial charge in [0.2, 0.25) is 0 Å². The fraction of sp³-hybridized carbons (Fsp3) is 0.438. The van der Waals surface area contributed by atoms with Crippen molar-refractivity contribution in [2.45, 2.75) is 26.4 Å². The van der Waals surface area contributed by atoms with E-state index in [1.165, 1.54) is 0 Å². The molecule has 1 aromatic carbocycles. The lowest BCUT2D eigenvalue weighted by Crippen LogP contribution is -2.48. The van der Waals surface area contributed by atoms with Gasteiger partial charge in [-0.05, 0) is 31.0 Å². The number of fused-ring (bicyclic) bond motifs is 1. The van der Waals surface area contributed by atoms with E-state index in [0.717, 1.165) is 42.7 Å². The number of hydrogen-bond acceptors (Lipinski definition) is 4. The molecular weight excluding hydrogens is 252 g/mol. The first-order chi connectivity index (χ1) is 9.61. The fourth-order valence-corrected chi connectivity index (χ4v) is 2.86. The van der Waals surface area contributed by atoms with Gasteiger partial charge in [-0.1, -0.05) is 12.1 Å². The predicted octanol–water partition coefficient (Wildman–Crippen LogP) is 1.90. The molecule has 20 heavy (non-hydrogen) atoms. The van der Waals surface area contributed by atoms with Crippen LogP contribution < -0.4 is 10.9 Å². The van der Waals surface area contributed by atoms with E-state index in [1.54, 1.807) is 6.07 Å². The van der Waals surface area contributed by atoms with Crippen LogP contribution in [0.25, 0.3) is 11.0 Å². The molecule has 0 amide bonds. The molecule has 2 heterocycles. The van der Waals surface area contributed by atoms with Crippen molar-refractivity contribution in [2.24, 2.45) is 0 Å². The molecule has 1 aliphatic rings. The van der Waals surface area contributed by atoms with E-state index < -0.39 is 0 Å². The van der Waals surface area contributed by atoms with E-state index in [1.807, 2.05) is 13.0 Å². The molecule has 4 nitrogen and oxygen atoms in total. The van der Waals surface area contributed by atoms with Crippen molar-refractivity contribution in [1.82, 2.24) is 10.2 Å². The summed E-state index contributed by atoms with van der Waals surface area (Å²) in [7, 11) is 0. The summed E-state index contributed by atoms with van der Waals surface area (Å²) in [6, 6.07) is 8.17. The summed E-state index contributed by atoms with van der Waals surface area (Å²) in [5, 5.41) is 4.47. The Morgan fingerprint density at radius 1 is 1.40 bits per heavy atom. The lowest BCUT2D eigenvalue weighted by molar-refractivity contribution is 0.200. The van der Waals surface area contributed by atoms with E-state index in [9.17, 15) is 4.79 Å². The average molecular weight is 272 g/mol. The zero-order valence-electron chi connectivity index (χ0n) is 12.0. The summed E-state index contributed by atoms with van der Waals surface area (Å²) in [4.78, 5) is 14.1. The summed E-state index contributed by atoms with van der Waals surface area (Å²) in [6.07, 6.45) is 0. The number of nitrogens with one attached hydrogen (secondary N) is 1. The van der Waals surface area contributed by atoms with Gasteiger partial charge in [0, 0.05) is 43.7 Å². The molecule has 0 aliphatic carbocycles. The summed E-state index contributed by atoms with van der Waals surface area (Å²) in [5.74, 6) is 0. The molecule has 0 saturated carbocycles. The third-order valence-corrected chi connectivity index (χ3v) is 3.83. The van der Waals surface area contributed by atoms with Crippen molar-refractivity contribution in [3.63, 3.8) is 0 Å². The Morgan fingerprint density at radius 2 is 2.25 bits per heavy atom. The Kier molecular flexibility index (Phi) is 3.59. The molecule has 1 saturated heterocycles. The molecule has 0 unspecified atom stereocenters. The van der Waals surface area contributed by atoms with Crippen molar-refractivity contribution in [2.75, 3.05) is 19.6 Å². The smallest absolute Gasteiger partial charge is 0.336 e. The Morgan fingerprint density at radius 3 is 3.05 bits per heavy atom. The van der Waals surface area contributed by atoms with E-state index in [4.69, 9.17) is 4.42 Å². The first kappa shape index (κ1) is 13.3. The first-order valence-electron chi connectivity index (χ1n) is 7.11. The second kappa shape index (κ2) is 5.38. The molecule has 1 atom stereocenters. The molecule has 4 heteroatoms. The van der Waals surface area contributed by atoms with Gasteiger partial charge in [-0.3, -0.25) is 4.90 Å². The highest BCUT2D eigenvalue weighted by Crippen LogP contribution is 2.20. The quantitative estimate of drug-likeness (QED) is 0.848. The zero-order chi connectivity index (χ0) is 14.1. The largest absolute Gasteiger partial charge is 0.423 e. The average Bonchev–Trinajstić information content (AvgIpc) is 2.37. The molecule has 2 aromatic rings. The van der Waals surface area contributed by atoms with Gasteiger partial charge in [-0.2, -0.15) is 0 Å². The highest BCUT2D eigenvalue weighted by Gasteiger charge is 2.17. The second-order valence-electron chi connectivity index (χ2n) is 5.68. The van der Waals surface area contributed by atoms with Crippen LogP contribution in [0.2, 0.25) is 0 Å². The summed E-state index contributed by atoms with van der Waals surface area (Å²) in [5.41, 5.74) is 2.59. The number of piperazine rings is 1. The van der Waals surface area contributed by atoms with Crippen molar-refractivity contribution < 1.29 is 4.42 Å². The van der Waals surface area contributed by atoms with Crippen LogP contribution in [0.5, 0.6) is 0 Å². The summed E-state index contributed by atoms with van der Waals surface area (Å²) in [6.45, 7) is 8.01. The fourth-order valence-electron chi connectivity index (χ4n) is 2.86.